The number of fused-ring (bicyclic) bond motifs is 1. The van der Waals surface area contributed by atoms with Gasteiger partial charge in [-0.2, -0.15) is 0 Å². The zero-order valence-electron chi connectivity index (χ0n) is 6.97. The summed E-state index contributed by atoms with van der Waals surface area (Å²) in [6.45, 7) is 0. The van der Waals surface area contributed by atoms with E-state index >= 15 is 0 Å². The fourth-order valence-corrected chi connectivity index (χ4v) is 1.52. The van der Waals surface area contributed by atoms with E-state index < -0.39 is 12.0 Å². The summed E-state index contributed by atoms with van der Waals surface area (Å²) in [7, 11) is 0. The molecule has 0 spiro atoms. The van der Waals surface area contributed by atoms with E-state index in [1.165, 1.54) is 0 Å². The number of hydrogen-bond donors (Lipinski definition) is 1. The normalized spacial score (nSPS) is 19.5. The summed E-state index contributed by atoms with van der Waals surface area (Å²) in [6.07, 6.45) is 2.40. The number of benzene rings is 1. The average Bonchev–Trinajstić information content (AvgIpc) is 2.17. The third-order valence-corrected chi connectivity index (χ3v) is 2.15. The van der Waals surface area contributed by atoms with Gasteiger partial charge < -0.3 is 5.11 Å². The molecule has 1 atom stereocenters. The third-order valence-electron chi connectivity index (χ3n) is 2.15. The van der Waals surface area contributed by atoms with Gasteiger partial charge in [0.15, 0.2) is 6.04 Å². The van der Waals surface area contributed by atoms with E-state index in [1.54, 1.807) is 6.21 Å². The first kappa shape index (κ1) is 7.98. The molecule has 1 heterocycles. The molecule has 0 aromatic heterocycles. The number of carboxylic acid groups (broad SMARTS) is 1. The van der Waals surface area contributed by atoms with Crippen molar-refractivity contribution in [3.63, 3.8) is 0 Å². The minimum Gasteiger partial charge on any atom is -0.479 e. The van der Waals surface area contributed by atoms with Crippen LogP contribution in [0.15, 0.2) is 29.3 Å². The smallest absolute Gasteiger partial charge is 0.333 e. The van der Waals surface area contributed by atoms with Crippen LogP contribution in [0.3, 0.4) is 0 Å². The van der Waals surface area contributed by atoms with Gasteiger partial charge in [0.25, 0.3) is 0 Å². The lowest BCUT2D eigenvalue weighted by atomic mass is 9.96. The van der Waals surface area contributed by atoms with Crippen molar-refractivity contribution in [2.24, 2.45) is 4.99 Å². The molecule has 66 valence electrons. The maximum Gasteiger partial charge on any atom is 0.333 e. The van der Waals surface area contributed by atoms with Gasteiger partial charge in [-0.05, 0) is 11.1 Å². The van der Waals surface area contributed by atoms with E-state index in [9.17, 15) is 4.79 Å². The van der Waals surface area contributed by atoms with E-state index in [2.05, 4.69) is 4.99 Å². The monoisotopic (exact) mass is 175 g/mol. The fraction of sp³-hybridized carbons (Fsp3) is 0.200. The summed E-state index contributed by atoms with van der Waals surface area (Å²) in [5.41, 5.74) is 1.88. The summed E-state index contributed by atoms with van der Waals surface area (Å²) >= 11 is 0. The highest BCUT2D eigenvalue weighted by Gasteiger charge is 2.22. The van der Waals surface area contributed by atoms with Crippen LogP contribution in [0.1, 0.15) is 17.2 Å². The number of hydrogen-bond acceptors (Lipinski definition) is 2. The molecule has 0 fully saturated rings. The molecule has 1 unspecified atom stereocenters. The first-order valence-electron chi connectivity index (χ1n) is 4.11. The standard InChI is InChI=1S/C10H9NO2/c12-10(13)9-8-4-2-1-3-7(8)5-6-11-9/h1-4,6,9H,5H2,(H,12,13). The number of aliphatic imine (C=N–C) groups is 1. The third kappa shape index (κ3) is 1.33. The summed E-state index contributed by atoms with van der Waals surface area (Å²) in [5.74, 6) is -0.886. The Hall–Kier alpha value is -1.64. The highest BCUT2D eigenvalue weighted by atomic mass is 16.4. The first-order chi connectivity index (χ1) is 6.29. The van der Waals surface area contributed by atoms with Crippen molar-refractivity contribution in [2.75, 3.05) is 0 Å². The predicted octanol–water partition coefficient (Wildman–Crippen LogP) is 1.44. The van der Waals surface area contributed by atoms with Crippen molar-refractivity contribution in [3.05, 3.63) is 35.4 Å². The van der Waals surface area contributed by atoms with E-state index in [-0.39, 0.29) is 0 Å². The molecule has 1 aliphatic rings. The topological polar surface area (TPSA) is 49.7 Å². The summed E-state index contributed by atoms with van der Waals surface area (Å²) < 4.78 is 0. The van der Waals surface area contributed by atoms with Crippen molar-refractivity contribution < 1.29 is 9.90 Å². The zero-order chi connectivity index (χ0) is 9.26. The highest BCUT2D eigenvalue weighted by Crippen LogP contribution is 2.24. The predicted molar refractivity (Wildman–Crippen MR) is 49.0 cm³/mol. The van der Waals surface area contributed by atoms with Gasteiger partial charge in [0.2, 0.25) is 0 Å². The van der Waals surface area contributed by atoms with Gasteiger partial charge in [-0.25, -0.2) is 4.79 Å². The fourth-order valence-electron chi connectivity index (χ4n) is 1.52. The second kappa shape index (κ2) is 3.01. The number of rotatable bonds is 1. The van der Waals surface area contributed by atoms with Crippen LogP contribution < -0.4 is 0 Å². The molecule has 3 heteroatoms. The second-order valence-corrected chi connectivity index (χ2v) is 2.98. The Morgan fingerprint density at radius 3 is 3.00 bits per heavy atom. The Kier molecular flexibility index (Phi) is 1.85. The van der Waals surface area contributed by atoms with Crippen LogP contribution in [0.4, 0.5) is 0 Å². The van der Waals surface area contributed by atoms with Crippen LogP contribution in [0.25, 0.3) is 0 Å². The minimum atomic E-state index is -0.886. The maximum absolute atomic E-state index is 10.8. The van der Waals surface area contributed by atoms with Crippen LogP contribution >= 0.6 is 0 Å². The lowest BCUT2D eigenvalue weighted by molar-refractivity contribution is -0.138. The molecule has 1 aromatic carbocycles. The Balaban J connectivity index is 2.48. The van der Waals surface area contributed by atoms with Gasteiger partial charge in [-0.1, -0.05) is 24.3 Å². The Morgan fingerprint density at radius 2 is 2.23 bits per heavy atom. The van der Waals surface area contributed by atoms with E-state index in [0.29, 0.717) is 0 Å². The molecule has 1 aliphatic heterocycles. The minimum absolute atomic E-state index is 0.704. The maximum atomic E-state index is 10.8. The van der Waals surface area contributed by atoms with E-state index in [1.807, 2.05) is 24.3 Å². The van der Waals surface area contributed by atoms with Gasteiger partial charge in [-0.15, -0.1) is 0 Å². The first-order valence-corrected chi connectivity index (χ1v) is 4.11. The molecular formula is C10H9NO2. The SMILES string of the molecule is O=C(O)C1N=CCc2ccccc21. The van der Waals surface area contributed by atoms with Crippen molar-refractivity contribution in [3.8, 4) is 0 Å². The van der Waals surface area contributed by atoms with Crippen LogP contribution in [-0.2, 0) is 11.2 Å². The quantitative estimate of drug-likeness (QED) is 0.702. The number of carbonyl (C=O) groups is 1. The number of nitrogens with zero attached hydrogens (tertiary/aromatic N) is 1. The molecule has 0 bridgehead atoms. The Morgan fingerprint density at radius 1 is 1.46 bits per heavy atom. The molecule has 13 heavy (non-hydrogen) atoms. The van der Waals surface area contributed by atoms with Crippen molar-refractivity contribution >= 4 is 12.2 Å². The molecule has 0 amide bonds. The van der Waals surface area contributed by atoms with Crippen LogP contribution in [-0.4, -0.2) is 17.3 Å². The zero-order valence-corrected chi connectivity index (χ0v) is 6.97. The molecule has 0 radical (unpaired) electrons. The largest absolute Gasteiger partial charge is 0.479 e. The van der Waals surface area contributed by atoms with E-state index in [4.69, 9.17) is 5.11 Å². The van der Waals surface area contributed by atoms with Crippen molar-refractivity contribution in [2.45, 2.75) is 12.5 Å². The molecule has 0 saturated carbocycles. The molecule has 1 N–H and O–H groups in total. The summed E-state index contributed by atoms with van der Waals surface area (Å²) in [6, 6.07) is 6.82. The van der Waals surface area contributed by atoms with Crippen LogP contribution in [0.2, 0.25) is 0 Å². The Labute approximate surface area is 75.7 Å². The van der Waals surface area contributed by atoms with Crippen molar-refractivity contribution in [1.82, 2.24) is 0 Å². The molecule has 0 saturated heterocycles. The van der Waals surface area contributed by atoms with Gasteiger partial charge in [0.05, 0.1) is 0 Å². The van der Waals surface area contributed by atoms with Crippen LogP contribution in [0.5, 0.6) is 0 Å². The number of aliphatic carboxylic acids is 1. The van der Waals surface area contributed by atoms with Crippen LogP contribution in [0, 0.1) is 0 Å². The molecule has 2 rings (SSSR count). The van der Waals surface area contributed by atoms with Gasteiger partial charge in [0, 0.05) is 12.6 Å². The molecule has 0 aliphatic carbocycles. The molecular weight excluding hydrogens is 166 g/mol. The van der Waals surface area contributed by atoms with Gasteiger partial charge in [-0.3, -0.25) is 4.99 Å². The summed E-state index contributed by atoms with van der Waals surface area (Å²) in [4.78, 5) is 14.7. The highest BCUT2D eigenvalue weighted by molar-refractivity contribution is 5.81. The van der Waals surface area contributed by atoms with Gasteiger partial charge >= 0.3 is 5.97 Å². The molecule has 3 nitrogen and oxygen atoms in total. The van der Waals surface area contributed by atoms with Gasteiger partial charge in [0.1, 0.15) is 0 Å². The second-order valence-electron chi connectivity index (χ2n) is 2.98. The van der Waals surface area contributed by atoms with Crippen molar-refractivity contribution in [1.29, 1.82) is 0 Å². The average molecular weight is 175 g/mol. The number of carboxylic acids is 1. The lowest BCUT2D eigenvalue weighted by Crippen LogP contribution is -2.15. The summed E-state index contributed by atoms with van der Waals surface area (Å²) in [5, 5.41) is 8.87. The Bertz CT molecular complexity index is 371. The molecule has 1 aromatic rings. The van der Waals surface area contributed by atoms with E-state index in [0.717, 1.165) is 17.5 Å². The lowest BCUT2D eigenvalue weighted by Gasteiger charge is -2.16.